The van der Waals surface area contributed by atoms with Gasteiger partial charge in [0.15, 0.2) is 0 Å². The number of rotatable bonds is 2. The molecule has 0 bridgehead atoms. The Balaban J connectivity index is 2.61. The average molecular weight is 203 g/mol. The van der Waals surface area contributed by atoms with Crippen LogP contribution in [0.3, 0.4) is 0 Å². The van der Waals surface area contributed by atoms with E-state index in [9.17, 15) is 0 Å². The van der Waals surface area contributed by atoms with Crippen molar-refractivity contribution in [2.75, 3.05) is 4.66 Å². The fourth-order valence-corrected chi connectivity index (χ4v) is 1.85. The van der Waals surface area contributed by atoms with Crippen LogP contribution in [0.25, 0.3) is 0 Å². The number of hydrogen-bond donors (Lipinski definition) is 0. The van der Waals surface area contributed by atoms with Crippen molar-refractivity contribution in [3.63, 3.8) is 0 Å². The summed E-state index contributed by atoms with van der Waals surface area (Å²) in [5.74, 6) is 0. The van der Waals surface area contributed by atoms with Crippen molar-refractivity contribution in [1.29, 1.82) is 0 Å². The molecule has 0 atom stereocenters. The van der Waals surface area contributed by atoms with Gasteiger partial charge in [0.1, 0.15) is 0 Å². The molecule has 0 radical (unpaired) electrons. The Morgan fingerprint density at radius 1 is 1.22 bits per heavy atom. The second-order valence-electron chi connectivity index (χ2n) is 1.57. The fourth-order valence-electron chi connectivity index (χ4n) is 0.580. The zero-order chi connectivity index (χ0) is 6.53. The van der Waals surface area contributed by atoms with Crippen molar-refractivity contribution in [2.45, 2.75) is 4.90 Å². The summed E-state index contributed by atoms with van der Waals surface area (Å²) < 4.78 is 0.969. The van der Waals surface area contributed by atoms with Crippen LogP contribution in [0.4, 0.5) is 0 Å². The fraction of sp³-hybridized carbons (Fsp3) is 0.143. The zero-order valence-electron chi connectivity index (χ0n) is 4.88. The SMILES string of the molecule is BrCSc1ccccc1. The third-order valence-electron chi connectivity index (χ3n) is 0.964. The van der Waals surface area contributed by atoms with Crippen molar-refractivity contribution >= 4 is 27.7 Å². The van der Waals surface area contributed by atoms with Gasteiger partial charge in [-0.2, -0.15) is 0 Å². The number of hydrogen-bond acceptors (Lipinski definition) is 1. The van der Waals surface area contributed by atoms with Gasteiger partial charge in [-0.25, -0.2) is 0 Å². The van der Waals surface area contributed by atoms with Crippen LogP contribution in [0.15, 0.2) is 35.2 Å². The standard InChI is InChI=1S/C7H7BrS/c8-6-9-7-4-2-1-3-5-7/h1-5H,6H2. The molecule has 48 valence electrons. The minimum atomic E-state index is 0.969. The van der Waals surface area contributed by atoms with Crippen LogP contribution in [0, 0.1) is 0 Å². The Hall–Kier alpha value is 0.0500. The monoisotopic (exact) mass is 202 g/mol. The van der Waals surface area contributed by atoms with Crippen LogP contribution in [0.2, 0.25) is 0 Å². The molecule has 0 N–H and O–H groups in total. The lowest BCUT2D eigenvalue weighted by Crippen LogP contribution is -1.66. The molecule has 0 aromatic heterocycles. The smallest absolute Gasteiger partial charge is 0.0537 e. The van der Waals surface area contributed by atoms with E-state index in [0.29, 0.717) is 0 Å². The highest BCUT2D eigenvalue weighted by Gasteiger charge is 1.85. The van der Waals surface area contributed by atoms with Gasteiger partial charge in [-0.3, -0.25) is 0 Å². The molecule has 1 aromatic rings. The Bertz CT molecular complexity index is 162. The number of benzene rings is 1. The highest BCUT2D eigenvalue weighted by molar-refractivity contribution is 9.11. The molecule has 0 amide bonds. The highest BCUT2D eigenvalue weighted by Crippen LogP contribution is 2.18. The Labute approximate surface area is 67.8 Å². The van der Waals surface area contributed by atoms with E-state index in [0.717, 1.165) is 4.66 Å². The predicted molar refractivity (Wildman–Crippen MR) is 46.1 cm³/mol. The maximum atomic E-state index is 3.35. The first-order chi connectivity index (χ1) is 4.43. The predicted octanol–water partition coefficient (Wildman–Crippen LogP) is 3.13. The molecule has 0 nitrogen and oxygen atoms in total. The summed E-state index contributed by atoms with van der Waals surface area (Å²) in [6.07, 6.45) is 0. The molecule has 2 heteroatoms. The lowest BCUT2D eigenvalue weighted by atomic mass is 10.4. The summed E-state index contributed by atoms with van der Waals surface area (Å²) in [7, 11) is 0. The number of halogens is 1. The molecule has 0 fully saturated rings. The Morgan fingerprint density at radius 3 is 2.44 bits per heavy atom. The molecule has 0 unspecified atom stereocenters. The number of thioether (sulfide) groups is 1. The molecule has 9 heavy (non-hydrogen) atoms. The molecule has 0 saturated carbocycles. The van der Waals surface area contributed by atoms with E-state index in [1.807, 2.05) is 18.2 Å². The van der Waals surface area contributed by atoms with Gasteiger partial charge in [0.25, 0.3) is 0 Å². The van der Waals surface area contributed by atoms with Crippen molar-refractivity contribution in [1.82, 2.24) is 0 Å². The molecular formula is C7H7BrS. The third kappa shape index (κ3) is 2.41. The van der Waals surface area contributed by atoms with Gasteiger partial charge < -0.3 is 0 Å². The van der Waals surface area contributed by atoms with Gasteiger partial charge in [-0.05, 0) is 12.1 Å². The molecule has 0 aliphatic heterocycles. The van der Waals surface area contributed by atoms with E-state index in [2.05, 4.69) is 28.1 Å². The molecule has 0 heterocycles. The first-order valence-electron chi connectivity index (χ1n) is 2.67. The zero-order valence-corrected chi connectivity index (χ0v) is 7.28. The van der Waals surface area contributed by atoms with Gasteiger partial charge in [-0.15, -0.1) is 11.8 Å². The summed E-state index contributed by atoms with van der Waals surface area (Å²) in [5, 5.41) is 0. The van der Waals surface area contributed by atoms with Gasteiger partial charge in [0, 0.05) is 4.90 Å². The first-order valence-corrected chi connectivity index (χ1v) is 4.78. The molecule has 1 aromatic carbocycles. The van der Waals surface area contributed by atoms with E-state index < -0.39 is 0 Å². The largest absolute Gasteiger partial charge is 0.115 e. The summed E-state index contributed by atoms with van der Waals surface area (Å²) in [6, 6.07) is 10.3. The Kier molecular flexibility index (Phi) is 3.15. The van der Waals surface area contributed by atoms with E-state index in [4.69, 9.17) is 0 Å². The van der Waals surface area contributed by atoms with Gasteiger partial charge >= 0.3 is 0 Å². The molecule has 0 aliphatic rings. The van der Waals surface area contributed by atoms with E-state index >= 15 is 0 Å². The Morgan fingerprint density at radius 2 is 1.89 bits per heavy atom. The lowest BCUT2D eigenvalue weighted by molar-refractivity contribution is 1.47. The van der Waals surface area contributed by atoms with E-state index in [-0.39, 0.29) is 0 Å². The topological polar surface area (TPSA) is 0 Å². The van der Waals surface area contributed by atoms with Crippen LogP contribution in [0.1, 0.15) is 0 Å². The molecular weight excluding hydrogens is 196 g/mol. The van der Waals surface area contributed by atoms with Crippen LogP contribution < -0.4 is 0 Å². The maximum Gasteiger partial charge on any atom is 0.0537 e. The normalized spacial score (nSPS) is 9.44. The van der Waals surface area contributed by atoms with Crippen LogP contribution in [0.5, 0.6) is 0 Å². The summed E-state index contributed by atoms with van der Waals surface area (Å²) in [4.78, 5) is 1.31. The van der Waals surface area contributed by atoms with Crippen LogP contribution >= 0.6 is 27.7 Å². The van der Waals surface area contributed by atoms with E-state index in [1.54, 1.807) is 11.8 Å². The van der Waals surface area contributed by atoms with Gasteiger partial charge in [0.2, 0.25) is 0 Å². The lowest BCUT2D eigenvalue weighted by Gasteiger charge is -1.92. The summed E-state index contributed by atoms with van der Waals surface area (Å²) in [5.41, 5.74) is 0. The quantitative estimate of drug-likeness (QED) is 0.525. The minimum Gasteiger partial charge on any atom is -0.115 e. The molecule has 1 rings (SSSR count). The second kappa shape index (κ2) is 3.96. The minimum absolute atomic E-state index is 0.969. The second-order valence-corrected chi connectivity index (χ2v) is 3.92. The number of alkyl halides is 1. The third-order valence-corrected chi connectivity index (χ3v) is 2.37. The summed E-state index contributed by atoms with van der Waals surface area (Å²) >= 11 is 5.14. The van der Waals surface area contributed by atoms with Gasteiger partial charge in [0.05, 0.1) is 4.66 Å². The molecule has 0 spiro atoms. The van der Waals surface area contributed by atoms with Crippen LogP contribution in [-0.2, 0) is 0 Å². The van der Waals surface area contributed by atoms with Crippen molar-refractivity contribution in [3.8, 4) is 0 Å². The van der Waals surface area contributed by atoms with Crippen molar-refractivity contribution in [2.24, 2.45) is 0 Å². The average Bonchev–Trinajstić information content (AvgIpc) is 1.91. The van der Waals surface area contributed by atoms with Crippen molar-refractivity contribution < 1.29 is 0 Å². The molecule has 0 saturated heterocycles. The maximum absolute atomic E-state index is 3.35. The first kappa shape index (κ1) is 7.16. The van der Waals surface area contributed by atoms with Gasteiger partial charge in [-0.1, -0.05) is 34.1 Å². The van der Waals surface area contributed by atoms with Crippen LogP contribution in [-0.4, -0.2) is 4.66 Å². The van der Waals surface area contributed by atoms with Crippen molar-refractivity contribution in [3.05, 3.63) is 30.3 Å². The summed E-state index contributed by atoms with van der Waals surface area (Å²) in [6.45, 7) is 0. The highest BCUT2D eigenvalue weighted by atomic mass is 79.9. The van der Waals surface area contributed by atoms with E-state index in [1.165, 1.54) is 4.90 Å². The molecule has 0 aliphatic carbocycles.